The Bertz CT molecular complexity index is 435. The second kappa shape index (κ2) is 2.98. The Labute approximate surface area is 83.3 Å². The maximum atomic E-state index is 12.5. The average Bonchev–Trinajstić information content (AvgIpc) is 2.47. The Balaban J connectivity index is 2.68. The molecule has 0 unspecified atom stereocenters. The number of alkyl halides is 3. The zero-order valence-corrected chi connectivity index (χ0v) is 7.56. The third-order valence-electron chi connectivity index (χ3n) is 2.48. The van der Waals surface area contributed by atoms with E-state index in [9.17, 15) is 23.1 Å². The Morgan fingerprint density at radius 3 is 2.47 bits per heavy atom. The molecule has 0 atom stereocenters. The van der Waals surface area contributed by atoms with E-state index in [0.29, 0.717) is 0 Å². The first kappa shape index (κ1) is 10.0. The van der Waals surface area contributed by atoms with Gasteiger partial charge in [0.25, 0.3) is 0 Å². The summed E-state index contributed by atoms with van der Waals surface area (Å²) in [5.41, 5.74) is -1.06. The number of phenolic OH excluding ortho intramolecular Hbond substituents is 1. The van der Waals surface area contributed by atoms with Gasteiger partial charge in [-0.25, -0.2) is 0 Å². The molecule has 0 bridgehead atoms. The first-order valence-corrected chi connectivity index (χ1v) is 4.36. The van der Waals surface area contributed by atoms with Gasteiger partial charge in [-0.05, 0) is 24.1 Å². The van der Waals surface area contributed by atoms with Crippen LogP contribution in [0.4, 0.5) is 13.2 Å². The number of hydrogen-bond donors (Lipinski definition) is 1. The molecule has 2 rings (SSSR count). The van der Waals surface area contributed by atoms with E-state index in [1.807, 2.05) is 0 Å². The van der Waals surface area contributed by atoms with Crippen LogP contribution in [-0.4, -0.2) is 10.9 Å². The van der Waals surface area contributed by atoms with E-state index < -0.39 is 17.5 Å². The van der Waals surface area contributed by atoms with E-state index in [2.05, 4.69) is 0 Å². The van der Waals surface area contributed by atoms with Gasteiger partial charge in [0.2, 0.25) is 0 Å². The van der Waals surface area contributed by atoms with E-state index in [-0.39, 0.29) is 29.7 Å². The van der Waals surface area contributed by atoms with Crippen LogP contribution in [0, 0.1) is 0 Å². The van der Waals surface area contributed by atoms with Gasteiger partial charge in [0, 0.05) is 6.42 Å². The lowest BCUT2D eigenvalue weighted by atomic mass is 10.0. The highest BCUT2D eigenvalue weighted by atomic mass is 19.4. The van der Waals surface area contributed by atoms with Crippen LogP contribution in [-0.2, 0) is 12.6 Å². The molecule has 0 heterocycles. The molecule has 0 aliphatic heterocycles. The van der Waals surface area contributed by atoms with Gasteiger partial charge < -0.3 is 5.11 Å². The summed E-state index contributed by atoms with van der Waals surface area (Å²) in [7, 11) is 0. The summed E-state index contributed by atoms with van der Waals surface area (Å²) in [6.07, 6.45) is -4.38. The van der Waals surface area contributed by atoms with Crippen molar-refractivity contribution in [3.05, 3.63) is 28.8 Å². The van der Waals surface area contributed by atoms with Crippen molar-refractivity contribution in [2.45, 2.75) is 19.0 Å². The lowest BCUT2D eigenvalue weighted by Crippen LogP contribution is -2.09. The number of aromatic hydroxyl groups is 1. The first-order valence-electron chi connectivity index (χ1n) is 4.36. The Morgan fingerprint density at radius 1 is 1.20 bits per heavy atom. The third kappa shape index (κ3) is 1.48. The second-order valence-electron chi connectivity index (χ2n) is 3.41. The molecule has 0 radical (unpaired) electrons. The molecule has 0 saturated carbocycles. The van der Waals surface area contributed by atoms with Crippen LogP contribution in [0.15, 0.2) is 12.1 Å². The normalized spacial score (nSPS) is 15.5. The number of rotatable bonds is 0. The van der Waals surface area contributed by atoms with Crippen molar-refractivity contribution < 1.29 is 23.1 Å². The number of benzene rings is 1. The molecule has 0 saturated heterocycles. The molecular weight excluding hydrogens is 209 g/mol. The summed E-state index contributed by atoms with van der Waals surface area (Å²) < 4.78 is 37.5. The van der Waals surface area contributed by atoms with Crippen LogP contribution in [0.3, 0.4) is 0 Å². The van der Waals surface area contributed by atoms with Crippen molar-refractivity contribution in [1.82, 2.24) is 0 Å². The minimum atomic E-state index is -4.47. The van der Waals surface area contributed by atoms with Crippen molar-refractivity contribution in [2.75, 3.05) is 0 Å². The van der Waals surface area contributed by atoms with Crippen molar-refractivity contribution in [2.24, 2.45) is 0 Å². The molecule has 1 N–H and O–H groups in total. The second-order valence-corrected chi connectivity index (χ2v) is 3.41. The third-order valence-corrected chi connectivity index (χ3v) is 2.48. The van der Waals surface area contributed by atoms with E-state index in [4.69, 9.17) is 0 Å². The number of halogens is 3. The molecule has 0 fully saturated rings. The van der Waals surface area contributed by atoms with Crippen molar-refractivity contribution in [3.63, 3.8) is 0 Å². The quantitative estimate of drug-likeness (QED) is 0.723. The molecule has 2 nitrogen and oxygen atoms in total. The van der Waals surface area contributed by atoms with Gasteiger partial charge in [0.15, 0.2) is 5.78 Å². The Morgan fingerprint density at radius 2 is 1.87 bits per heavy atom. The summed E-state index contributed by atoms with van der Waals surface area (Å²) in [6.45, 7) is 0. The van der Waals surface area contributed by atoms with Crippen molar-refractivity contribution >= 4 is 5.78 Å². The minimum Gasteiger partial charge on any atom is -0.507 e. The average molecular weight is 216 g/mol. The van der Waals surface area contributed by atoms with Crippen molar-refractivity contribution in [1.29, 1.82) is 0 Å². The smallest absolute Gasteiger partial charge is 0.416 e. The maximum Gasteiger partial charge on any atom is 0.416 e. The lowest BCUT2D eigenvalue weighted by molar-refractivity contribution is -0.138. The molecule has 1 aromatic carbocycles. The lowest BCUT2D eigenvalue weighted by Gasteiger charge is -2.11. The molecule has 80 valence electrons. The number of Topliss-reactive ketones (excluding diaryl/α,β-unsaturated/α-hetero) is 1. The number of carbonyl (C=O) groups is 1. The summed E-state index contributed by atoms with van der Waals surface area (Å²) >= 11 is 0. The van der Waals surface area contributed by atoms with Gasteiger partial charge in [-0.3, -0.25) is 4.79 Å². The molecule has 1 aliphatic rings. The highest BCUT2D eigenvalue weighted by Crippen LogP contribution is 2.40. The Kier molecular flexibility index (Phi) is 1.99. The number of ketones is 1. The van der Waals surface area contributed by atoms with Crippen LogP contribution >= 0.6 is 0 Å². The molecule has 0 amide bonds. The van der Waals surface area contributed by atoms with Gasteiger partial charge in [-0.2, -0.15) is 13.2 Å². The zero-order chi connectivity index (χ0) is 11.2. The van der Waals surface area contributed by atoms with E-state index in [1.165, 1.54) is 0 Å². The molecular formula is C10H7F3O2. The predicted molar refractivity (Wildman–Crippen MR) is 45.8 cm³/mol. The van der Waals surface area contributed by atoms with Crippen molar-refractivity contribution in [3.8, 4) is 5.75 Å². The molecule has 1 aromatic rings. The monoisotopic (exact) mass is 216 g/mol. The van der Waals surface area contributed by atoms with E-state index in [1.54, 1.807) is 0 Å². The summed E-state index contributed by atoms with van der Waals surface area (Å²) in [5.74, 6) is -0.783. The number of fused-ring (bicyclic) bond motifs is 1. The van der Waals surface area contributed by atoms with Gasteiger partial charge in [-0.15, -0.1) is 0 Å². The minimum absolute atomic E-state index is 0.0377. The zero-order valence-electron chi connectivity index (χ0n) is 7.56. The predicted octanol–water partition coefficient (Wildman–Crippen LogP) is 2.54. The largest absolute Gasteiger partial charge is 0.507 e. The molecule has 15 heavy (non-hydrogen) atoms. The highest BCUT2D eigenvalue weighted by molar-refractivity contribution is 6.03. The van der Waals surface area contributed by atoms with Crippen LogP contribution in [0.2, 0.25) is 0 Å². The van der Waals surface area contributed by atoms with Crippen LogP contribution in [0.25, 0.3) is 0 Å². The molecule has 0 aromatic heterocycles. The van der Waals surface area contributed by atoms with Gasteiger partial charge in [-0.1, -0.05) is 0 Å². The summed E-state index contributed by atoms with van der Waals surface area (Å²) in [6, 6.07) is 1.73. The highest BCUT2D eigenvalue weighted by Gasteiger charge is 2.38. The van der Waals surface area contributed by atoms with Gasteiger partial charge in [0.05, 0.1) is 11.1 Å². The fourth-order valence-electron chi connectivity index (χ4n) is 1.84. The SMILES string of the molecule is O=C1CCc2c(C(F)(F)F)ccc(O)c21. The Hall–Kier alpha value is -1.52. The number of hydrogen-bond acceptors (Lipinski definition) is 2. The maximum absolute atomic E-state index is 12.5. The summed E-state index contributed by atoms with van der Waals surface area (Å²) in [4.78, 5) is 11.2. The fraction of sp³-hybridized carbons (Fsp3) is 0.300. The van der Waals surface area contributed by atoms with Gasteiger partial charge in [0.1, 0.15) is 5.75 Å². The molecule has 0 spiro atoms. The standard InChI is InChI=1S/C10H7F3O2/c11-10(12,13)6-2-4-8(15)9-5(6)1-3-7(9)14/h2,4,15H,1,3H2. The molecule has 5 heteroatoms. The summed E-state index contributed by atoms with van der Waals surface area (Å²) in [5, 5.41) is 9.30. The number of phenols is 1. The fourth-order valence-corrected chi connectivity index (χ4v) is 1.84. The molecule has 1 aliphatic carbocycles. The topological polar surface area (TPSA) is 37.3 Å². The number of carbonyl (C=O) groups excluding carboxylic acids is 1. The van der Waals surface area contributed by atoms with E-state index in [0.717, 1.165) is 12.1 Å². The van der Waals surface area contributed by atoms with E-state index >= 15 is 0 Å². The van der Waals surface area contributed by atoms with Crippen LogP contribution in [0.1, 0.15) is 27.9 Å². The first-order chi connectivity index (χ1) is 6.91. The van der Waals surface area contributed by atoms with Crippen LogP contribution in [0.5, 0.6) is 5.75 Å². The van der Waals surface area contributed by atoms with Crippen LogP contribution < -0.4 is 0 Å². The van der Waals surface area contributed by atoms with Gasteiger partial charge >= 0.3 is 6.18 Å².